The lowest BCUT2D eigenvalue weighted by molar-refractivity contribution is 0.0695. The number of H-pyrrole nitrogens is 1. The van der Waals surface area contributed by atoms with Crippen molar-refractivity contribution >= 4 is 17.0 Å². The molecule has 4 heterocycles. The van der Waals surface area contributed by atoms with Crippen LogP contribution in [0.15, 0.2) is 46.1 Å². The van der Waals surface area contributed by atoms with Crippen LogP contribution in [0.4, 0.5) is 0 Å². The second kappa shape index (κ2) is 7.21. The first-order chi connectivity index (χ1) is 14.5. The predicted octanol–water partition coefficient (Wildman–Crippen LogP) is 2.30. The summed E-state index contributed by atoms with van der Waals surface area (Å²) in [7, 11) is 0. The lowest BCUT2D eigenvalue weighted by Gasteiger charge is -2.41. The first-order valence-corrected chi connectivity index (χ1v) is 10.2. The van der Waals surface area contributed by atoms with E-state index in [0.717, 1.165) is 31.2 Å². The minimum atomic E-state index is -1.34. The van der Waals surface area contributed by atoms with Gasteiger partial charge in [0.1, 0.15) is 11.3 Å². The Kier molecular flexibility index (Phi) is 4.51. The van der Waals surface area contributed by atoms with Crippen molar-refractivity contribution in [1.82, 2.24) is 19.9 Å². The molecule has 1 aromatic carbocycles. The Balaban J connectivity index is 1.71. The number of carboxylic acid groups (broad SMARTS) is 1. The number of pyridine rings is 1. The van der Waals surface area contributed by atoms with Crippen LogP contribution in [0.5, 0.6) is 0 Å². The van der Waals surface area contributed by atoms with Crippen molar-refractivity contribution in [2.45, 2.75) is 50.2 Å². The topological polar surface area (TPSA) is 117 Å². The van der Waals surface area contributed by atoms with Crippen LogP contribution >= 0.6 is 0 Å². The molecule has 2 unspecified atom stereocenters. The minimum absolute atomic E-state index is 0.0439. The predicted molar refractivity (Wildman–Crippen MR) is 112 cm³/mol. The largest absolute Gasteiger partial charge is 0.477 e. The summed E-state index contributed by atoms with van der Waals surface area (Å²) >= 11 is 0. The van der Waals surface area contributed by atoms with Crippen molar-refractivity contribution in [3.8, 4) is 11.3 Å². The van der Waals surface area contributed by atoms with Crippen molar-refractivity contribution in [2.24, 2.45) is 0 Å². The third-order valence-electron chi connectivity index (χ3n) is 6.26. The highest BCUT2D eigenvalue weighted by Crippen LogP contribution is 2.34. The van der Waals surface area contributed by atoms with Crippen LogP contribution in [-0.4, -0.2) is 37.7 Å². The van der Waals surface area contributed by atoms with E-state index < -0.39 is 17.1 Å². The van der Waals surface area contributed by atoms with Crippen LogP contribution in [0, 0.1) is 0 Å². The summed E-state index contributed by atoms with van der Waals surface area (Å²) < 4.78 is 1.83. The Bertz CT molecular complexity index is 1250. The molecule has 2 saturated heterocycles. The van der Waals surface area contributed by atoms with E-state index in [1.54, 1.807) is 0 Å². The second-order valence-corrected chi connectivity index (χ2v) is 8.18. The van der Waals surface area contributed by atoms with E-state index in [2.05, 4.69) is 15.3 Å². The first kappa shape index (κ1) is 18.7. The van der Waals surface area contributed by atoms with Gasteiger partial charge in [-0.3, -0.25) is 9.59 Å². The number of hydrogen-bond donors (Lipinski definition) is 3. The molecule has 3 aromatic rings. The molecule has 2 bridgehead atoms. The summed E-state index contributed by atoms with van der Waals surface area (Å²) in [6.07, 6.45) is 6.53. The maximum Gasteiger partial charge on any atom is 0.341 e. The summed E-state index contributed by atoms with van der Waals surface area (Å²) in [4.78, 5) is 43.8. The summed E-state index contributed by atoms with van der Waals surface area (Å²) in [5.74, 6) is -1.34. The number of rotatable bonds is 3. The number of nitrogens with one attached hydrogen (secondary N) is 2. The molecule has 2 atom stereocenters. The summed E-state index contributed by atoms with van der Waals surface area (Å²) in [5, 5.41) is 13.0. The van der Waals surface area contributed by atoms with Crippen LogP contribution in [0.3, 0.4) is 0 Å². The maximum atomic E-state index is 13.6. The highest BCUT2D eigenvalue weighted by molar-refractivity contribution is 5.88. The van der Waals surface area contributed by atoms with Gasteiger partial charge in [-0.2, -0.15) is 0 Å². The maximum absolute atomic E-state index is 13.6. The van der Waals surface area contributed by atoms with E-state index in [4.69, 9.17) is 0 Å². The van der Waals surface area contributed by atoms with Crippen molar-refractivity contribution in [2.75, 3.05) is 0 Å². The van der Waals surface area contributed by atoms with Gasteiger partial charge in [0.25, 0.3) is 11.1 Å². The average molecular weight is 406 g/mol. The van der Waals surface area contributed by atoms with Crippen molar-refractivity contribution in [1.29, 1.82) is 0 Å². The molecule has 2 fully saturated rings. The third-order valence-corrected chi connectivity index (χ3v) is 6.26. The fraction of sp³-hybridized carbons (Fsp3) is 0.364. The van der Waals surface area contributed by atoms with Crippen molar-refractivity contribution < 1.29 is 9.90 Å². The SMILES string of the molecule is O=C(O)c1cc(-c2nc3ccccc3n(C3CC4CCCC(C3)N4)c2=O)c[nH]c1=O. The Labute approximate surface area is 171 Å². The van der Waals surface area contributed by atoms with Gasteiger partial charge in [-0.15, -0.1) is 0 Å². The third kappa shape index (κ3) is 3.13. The molecule has 2 aliphatic heterocycles. The number of carboxylic acids is 1. The first-order valence-electron chi connectivity index (χ1n) is 10.2. The zero-order chi connectivity index (χ0) is 20.8. The Morgan fingerprint density at radius 3 is 2.60 bits per heavy atom. The molecule has 0 spiro atoms. The van der Waals surface area contributed by atoms with E-state index in [-0.39, 0.29) is 17.3 Å². The molecule has 2 aromatic heterocycles. The number of piperidine rings is 2. The molecule has 2 aliphatic rings. The molecular formula is C22H22N4O4. The quantitative estimate of drug-likeness (QED) is 0.614. The highest BCUT2D eigenvalue weighted by atomic mass is 16.4. The van der Waals surface area contributed by atoms with Crippen LogP contribution in [-0.2, 0) is 0 Å². The molecule has 154 valence electrons. The Morgan fingerprint density at radius 2 is 1.87 bits per heavy atom. The number of aromatic carboxylic acids is 1. The number of fused-ring (bicyclic) bond motifs is 3. The molecule has 0 amide bonds. The van der Waals surface area contributed by atoms with E-state index in [1.165, 1.54) is 18.7 Å². The number of para-hydroxylation sites is 2. The summed E-state index contributed by atoms with van der Waals surface area (Å²) in [5.41, 5.74) is 0.505. The number of hydrogen-bond acceptors (Lipinski definition) is 5. The van der Waals surface area contributed by atoms with Gasteiger partial charge in [-0.05, 0) is 43.9 Å². The van der Waals surface area contributed by atoms with Crippen molar-refractivity contribution in [3.63, 3.8) is 0 Å². The Hall–Kier alpha value is -3.26. The van der Waals surface area contributed by atoms with E-state index in [1.807, 2.05) is 28.8 Å². The summed E-state index contributed by atoms with van der Waals surface area (Å²) in [6.45, 7) is 0. The molecule has 3 N–H and O–H groups in total. The second-order valence-electron chi connectivity index (χ2n) is 8.18. The molecule has 0 saturated carbocycles. The Morgan fingerprint density at radius 1 is 1.13 bits per heavy atom. The van der Waals surface area contributed by atoms with Gasteiger partial charge in [0.05, 0.1) is 11.0 Å². The van der Waals surface area contributed by atoms with Crippen LogP contribution in [0.2, 0.25) is 0 Å². The number of benzene rings is 1. The zero-order valence-corrected chi connectivity index (χ0v) is 16.3. The van der Waals surface area contributed by atoms with Gasteiger partial charge in [0.15, 0.2) is 0 Å². The number of nitrogens with zero attached hydrogens (tertiary/aromatic N) is 2. The van der Waals surface area contributed by atoms with Gasteiger partial charge in [0, 0.05) is 29.9 Å². The minimum Gasteiger partial charge on any atom is -0.477 e. The van der Waals surface area contributed by atoms with Crippen LogP contribution in [0.25, 0.3) is 22.3 Å². The lowest BCUT2D eigenvalue weighted by Crippen LogP contribution is -2.50. The molecule has 0 radical (unpaired) electrons. The molecule has 0 aliphatic carbocycles. The molecule has 30 heavy (non-hydrogen) atoms. The molecular weight excluding hydrogens is 384 g/mol. The monoisotopic (exact) mass is 406 g/mol. The van der Waals surface area contributed by atoms with Gasteiger partial charge < -0.3 is 20.0 Å². The van der Waals surface area contributed by atoms with Gasteiger partial charge in [-0.25, -0.2) is 9.78 Å². The van der Waals surface area contributed by atoms with Crippen LogP contribution in [0.1, 0.15) is 48.5 Å². The average Bonchev–Trinajstić information content (AvgIpc) is 2.73. The lowest BCUT2D eigenvalue weighted by atomic mass is 9.84. The molecule has 8 heteroatoms. The fourth-order valence-electron chi connectivity index (χ4n) is 4.93. The van der Waals surface area contributed by atoms with Gasteiger partial charge in [-0.1, -0.05) is 18.6 Å². The number of aromatic nitrogens is 3. The van der Waals surface area contributed by atoms with Crippen molar-refractivity contribution in [3.05, 3.63) is 62.8 Å². The molecule has 8 nitrogen and oxygen atoms in total. The van der Waals surface area contributed by atoms with Crippen LogP contribution < -0.4 is 16.4 Å². The highest BCUT2D eigenvalue weighted by Gasteiger charge is 2.33. The van der Waals surface area contributed by atoms with E-state index in [0.29, 0.717) is 23.2 Å². The molecule has 5 rings (SSSR count). The fourth-order valence-corrected chi connectivity index (χ4v) is 4.93. The standard InChI is InChI=1S/C22H22N4O4/c27-20-16(22(29)30)8-12(11-23-20)19-21(28)26(18-7-2-1-6-17(18)25-19)15-9-13-4-3-5-14(10-15)24-13/h1-2,6-8,11,13-15,24H,3-5,9-10H2,(H,23,27)(H,29,30). The van der Waals surface area contributed by atoms with E-state index >= 15 is 0 Å². The number of carbonyl (C=O) groups is 1. The summed E-state index contributed by atoms with van der Waals surface area (Å²) in [6, 6.07) is 9.57. The normalized spacial score (nSPS) is 23.4. The van der Waals surface area contributed by atoms with Gasteiger partial charge >= 0.3 is 5.97 Å². The zero-order valence-electron chi connectivity index (χ0n) is 16.3. The smallest absolute Gasteiger partial charge is 0.341 e. The number of aromatic amines is 1. The van der Waals surface area contributed by atoms with Gasteiger partial charge in [0.2, 0.25) is 0 Å². The van der Waals surface area contributed by atoms with E-state index in [9.17, 15) is 19.5 Å².